The molecule has 4 aliphatic rings. The summed E-state index contributed by atoms with van der Waals surface area (Å²) in [4.78, 5) is 15.7. The van der Waals surface area contributed by atoms with Crippen molar-refractivity contribution in [3.63, 3.8) is 0 Å². The lowest BCUT2D eigenvalue weighted by Crippen LogP contribution is -2.23. The number of pyridine rings is 3. The third-order valence-electron chi connectivity index (χ3n) is 10.2. The number of thiophene rings is 1. The average Bonchev–Trinajstić information content (AvgIpc) is 3.92. The molecule has 242 valence electrons. The van der Waals surface area contributed by atoms with Crippen molar-refractivity contribution in [3.8, 4) is 21.9 Å². The fraction of sp³-hybridized carbons (Fsp3) is 0.441. The van der Waals surface area contributed by atoms with Crippen LogP contribution < -0.4 is 5.32 Å². The first kappa shape index (κ1) is 29.4. The van der Waals surface area contributed by atoms with E-state index in [4.69, 9.17) is 19.1 Å². The van der Waals surface area contributed by atoms with Crippen LogP contribution in [0.25, 0.3) is 32.0 Å². The van der Waals surface area contributed by atoms with E-state index in [9.17, 15) is 8.42 Å². The van der Waals surface area contributed by atoms with Crippen LogP contribution in [0, 0.1) is 12.8 Å². The predicted octanol–water partition coefficient (Wildman–Crippen LogP) is 6.41. The average molecular weight is 670 g/mol. The van der Waals surface area contributed by atoms with E-state index in [0.717, 1.165) is 90.3 Å². The van der Waals surface area contributed by atoms with Crippen LogP contribution in [0.15, 0.2) is 46.0 Å². The predicted molar refractivity (Wildman–Crippen MR) is 178 cm³/mol. The molecule has 13 heteroatoms. The largest absolute Gasteiger partial charge is 0.421 e. The maximum Gasteiger partial charge on any atom is 0.250 e. The van der Waals surface area contributed by atoms with Crippen molar-refractivity contribution in [2.75, 3.05) is 25.1 Å². The van der Waals surface area contributed by atoms with E-state index in [1.807, 2.05) is 24.5 Å². The molecule has 2 saturated heterocycles. The molecular formula is C34H35N7O4S2. The van der Waals surface area contributed by atoms with Gasteiger partial charge < -0.3 is 14.5 Å². The Kier molecular flexibility index (Phi) is 7.14. The van der Waals surface area contributed by atoms with Gasteiger partial charge in [0.05, 0.1) is 33.7 Å². The molecule has 9 rings (SSSR count). The van der Waals surface area contributed by atoms with Gasteiger partial charge in [0.2, 0.25) is 21.8 Å². The summed E-state index contributed by atoms with van der Waals surface area (Å²) >= 11 is 1.55. The number of aromatic nitrogens is 5. The molecule has 0 spiro atoms. The molecule has 5 aromatic heterocycles. The molecule has 8 heterocycles. The molecule has 2 fully saturated rings. The number of aryl methyl sites for hydroxylation is 3. The number of anilines is 1. The summed E-state index contributed by atoms with van der Waals surface area (Å²) in [5, 5.41) is 13.3. The second kappa shape index (κ2) is 11.4. The molecule has 0 bridgehead atoms. The maximum atomic E-state index is 14.4. The first-order valence-corrected chi connectivity index (χ1v) is 18.8. The van der Waals surface area contributed by atoms with Crippen LogP contribution in [0.5, 0.6) is 0 Å². The SMILES string of the molecule is Cc1nnc(-c2c(CCC3CCOCC3)nc3c(c2-c2cc4ccnc(N[C@H]5CCc6ncccc65)c4s2)S(=O)(=O)N2CCC[C@H]32)o1. The van der Waals surface area contributed by atoms with E-state index < -0.39 is 10.0 Å². The first-order valence-electron chi connectivity index (χ1n) is 16.5. The fourth-order valence-corrected chi connectivity index (χ4v) is 11.2. The van der Waals surface area contributed by atoms with Crippen LogP contribution >= 0.6 is 11.3 Å². The molecule has 0 unspecified atom stereocenters. The van der Waals surface area contributed by atoms with E-state index >= 15 is 0 Å². The lowest BCUT2D eigenvalue weighted by atomic mass is 9.91. The summed E-state index contributed by atoms with van der Waals surface area (Å²) in [6, 6.07) is 8.03. The van der Waals surface area contributed by atoms with Crippen molar-refractivity contribution in [1.82, 2.24) is 29.5 Å². The molecule has 3 aliphatic heterocycles. The van der Waals surface area contributed by atoms with Crippen LogP contribution in [0.4, 0.5) is 5.82 Å². The molecule has 0 aromatic carbocycles. The van der Waals surface area contributed by atoms with Gasteiger partial charge in [0.1, 0.15) is 10.7 Å². The van der Waals surface area contributed by atoms with Gasteiger partial charge in [-0.3, -0.25) is 9.97 Å². The standard InChI is InChI=1S/C34H35N7O4S2/c1-19-39-40-34(45-19)28-25(7-6-20-11-16-44-17-12-20)37-30-26-5-3-15-41(26)47(42,43)32(30)29(28)27-18-21-10-14-36-33(31(21)46-27)38-24-9-8-23-22(24)4-2-13-35-23/h2,4,10,13-14,18,20,24,26H,3,5-9,11-12,15-17H2,1H3,(H,36,38)/t24-,26+/m0/s1. The zero-order valence-corrected chi connectivity index (χ0v) is 27.7. The number of nitrogens with one attached hydrogen (secondary N) is 1. The second-order valence-corrected chi connectivity index (χ2v) is 15.9. The molecule has 2 atom stereocenters. The fourth-order valence-electron chi connectivity index (χ4n) is 7.88. The highest BCUT2D eigenvalue weighted by Gasteiger charge is 2.49. The Hall–Kier alpha value is -3.78. The minimum Gasteiger partial charge on any atom is -0.421 e. The Morgan fingerprint density at radius 1 is 1.06 bits per heavy atom. The second-order valence-electron chi connectivity index (χ2n) is 13.0. The smallest absolute Gasteiger partial charge is 0.250 e. The van der Waals surface area contributed by atoms with Gasteiger partial charge in [0, 0.05) is 55.2 Å². The van der Waals surface area contributed by atoms with Crippen LogP contribution in [0.2, 0.25) is 0 Å². The van der Waals surface area contributed by atoms with Crippen molar-refractivity contribution in [2.24, 2.45) is 5.92 Å². The normalized spacial score (nSPS) is 22.1. The minimum absolute atomic E-state index is 0.105. The number of hydrogen-bond acceptors (Lipinski definition) is 11. The molecule has 1 N–H and O–H groups in total. The topological polar surface area (TPSA) is 136 Å². The molecular weight excluding hydrogens is 635 g/mol. The molecule has 47 heavy (non-hydrogen) atoms. The van der Waals surface area contributed by atoms with E-state index in [0.29, 0.717) is 47.5 Å². The van der Waals surface area contributed by atoms with Gasteiger partial charge in [0.25, 0.3) is 0 Å². The lowest BCUT2D eigenvalue weighted by molar-refractivity contribution is 0.0639. The van der Waals surface area contributed by atoms with E-state index in [-0.39, 0.29) is 17.0 Å². The zero-order chi connectivity index (χ0) is 31.7. The highest BCUT2D eigenvalue weighted by atomic mass is 32.2. The Morgan fingerprint density at radius 2 is 1.96 bits per heavy atom. The molecule has 1 aliphatic carbocycles. The van der Waals surface area contributed by atoms with Crippen LogP contribution in [0.1, 0.15) is 79.1 Å². The summed E-state index contributed by atoms with van der Waals surface area (Å²) in [5.74, 6) is 2.03. The van der Waals surface area contributed by atoms with Gasteiger partial charge in [-0.05, 0) is 86.4 Å². The Morgan fingerprint density at radius 3 is 2.81 bits per heavy atom. The minimum atomic E-state index is -3.80. The molecule has 0 saturated carbocycles. The van der Waals surface area contributed by atoms with Crippen LogP contribution in [-0.2, 0) is 27.6 Å². The first-order chi connectivity index (χ1) is 23.0. The van der Waals surface area contributed by atoms with E-state index in [1.54, 1.807) is 22.6 Å². The van der Waals surface area contributed by atoms with Crippen LogP contribution in [0.3, 0.4) is 0 Å². The Labute approximate surface area is 276 Å². The number of nitrogens with zero attached hydrogens (tertiary/aromatic N) is 6. The summed E-state index contributed by atoms with van der Waals surface area (Å²) in [7, 11) is -3.80. The molecule has 0 amide bonds. The number of ether oxygens (including phenoxy) is 1. The van der Waals surface area contributed by atoms with E-state index in [1.165, 1.54) is 5.56 Å². The third kappa shape index (κ3) is 4.89. The number of hydrogen-bond donors (Lipinski definition) is 1. The summed E-state index contributed by atoms with van der Waals surface area (Å²) in [5.41, 5.74) is 5.05. The molecule has 0 radical (unpaired) electrons. The summed E-state index contributed by atoms with van der Waals surface area (Å²) < 4.78 is 43.1. The molecule has 5 aromatic rings. The lowest BCUT2D eigenvalue weighted by Gasteiger charge is -2.22. The van der Waals surface area contributed by atoms with Crippen molar-refractivity contribution in [2.45, 2.75) is 75.3 Å². The maximum absolute atomic E-state index is 14.4. The highest BCUT2D eigenvalue weighted by molar-refractivity contribution is 7.89. The van der Waals surface area contributed by atoms with Crippen molar-refractivity contribution in [3.05, 3.63) is 65.2 Å². The zero-order valence-electron chi connectivity index (χ0n) is 26.1. The number of rotatable bonds is 7. The van der Waals surface area contributed by atoms with Gasteiger partial charge in [0.15, 0.2) is 0 Å². The monoisotopic (exact) mass is 669 g/mol. The van der Waals surface area contributed by atoms with Gasteiger partial charge in [-0.2, -0.15) is 4.31 Å². The van der Waals surface area contributed by atoms with Crippen molar-refractivity contribution in [1.29, 1.82) is 0 Å². The Balaban J connectivity index is 1.23. The van der Waals surface area contributed by atoms with Crippen LogP contribution in [-0.4, -0.2) is 57.6 Å². The van der Waals surface area contributed by atoms with Gasteiger partial charge in [-0.25, -0.2) is 13.4 Å². The number of sulfonamides is 1. The summed E-state index contributed by atoms with van der Waals surface area (Å²) in [6.07, 6.45) is 10.7. The Bertz CT molecular complexity index is 2120. The van der Waals surface area contributed by atoms with Crippen molar-refractivity contribution >= 4 is 37.3 Å². The van der Waals surface area contributed by atoms with Gasteiger partial charge in [-0.15, -0.1) is 21.5 Å². The quantitative estimate of drug-likeness (QED) is 0.207. The number of fused-ring (bicyclic) bond motifs is 5. The van der Waals surface area contributed by atoms with E-state index in [2.05, 4.69) is 32.6 Å². The highest BCUT2D eigenvalue weighted by Crippen LogP contribution is 2.53. The van der Waals surface area contributed by atoms with Gasteiger partial charge >= 0.3 is 0 Å². The molecule has 11 nitrogen and oxygen atoms in total. The third-order valence-corrected chi connectivity index (χ3v) is 13.3. The van der Waals surface area contributed by atoms with Gasteiger partial charge in [-0.1, -0.05) is 6.07 Å². The van der Waals surface area contributed by atoms with Crippen molar-refractivity contribution < 1.29 is 17.6 Å². The summed E-state index contributed by atoms with van der Waals surface area (Å²) in [6.45, 7) is 3.80.